The van der Waals surface area contributed by atoms with Gasteiger partial charge in [0.15, 0.2) is 0 Å². The van der Waals surface area contributed by atoms with E-state index < -0.39 is 38.0 Å². The number of carbonyl (C=O) groups excluding carboxylic acids is 2. The Bertz CT molecular complexity index is 2540. The van der Waals surface area contributed by atoms with Crippen molar-refractivity contribution in [3.63, 3.8) is 0 Å². The molecule has 0 aromatic heterocycles. The van der Waals surface area contributed by atoms with Crippen LogP contribution in [0.2, 0.25) is 0 Å². The first-order chi connectivity index (χ1) is 32.9. The fraction of sp³-hybridized carbons (Fsp3) is 0.483. The fourth-order valence-corrected chi connectivity index (χ4v) is 9.59. The lowest BCUT2D eigenvalue weighted by atomic mass is 9.79. The normalized spacial score (nSPS) is 13.6. The van der Waals surface area contributed by atoms with E-state index in [2.05, 4.69) is 145 Å². The zero-order chi connectivity index (χ0) is 54.1. The van der Waals surface area contributed by atoms with Gasteiger partial charge in [-0.3, -0.25) is 9.13 Å². The predicted octanol–water partition coefficient (Wildman–Crippen LogP) is 12.4. The van der Waals surface area contributed by atoms with E-state index in [1.54, 1.807) is 13.8 Å². The molecule has 5 rings (SSSR count). The second-order valence-electron chi connectivity index (χ2n) is 23.7. The van der Waals surface area contributed by atoms with Crippen molar-refractivity contribution < 1.29 is 57.2 Å². The Morgan fingerprint density at radius 3 is 0.833 bits per heavy atom. The molecule has 0 aliphatic heterocycles. The molecule has 1 aliphatic rings. The molecule has 1 aliphatic carbocycles. The molecule has 0 saturated carbocycles. The van der Waals surface area contributed by atoms with Crippen molar-refractivity contribution in [2.24, 2.45) is 0 Å². The maximum Gasteiger partial charge on any atom is 0.338 e. The second kappa shape index (κ2) is 22.0. The summed E-state index contributed by atoms with van der Waals surface area (Å²) in [6.45, 7) is 36.4. The largest absolute Gasteiger partial charge is 0.493 e. The molecule has 12 nitrogen and oxygen atoms in total. The molecule has 4 aromatic rings. The molecule has 0 spiro atoms. The first-order valence-electron chi connectivity index (χ1n) is 24.7. The molecule has 0 fully saturated rings. The van der Waals surface area contributed by atoms with Crippen molar-refractivity contribution in [3.05, 3.63) is 140 Å². The van der Waals surface area contributed by atoms with Crippen molar-refractivity contribution in [1.82, 2.24) is 0 Å². The molecule has 0 atom stereocenters. The molecule has 14 heteroatoms. The Balaban J connectivity index is 2.05. The summed E-state index contributed by atoms with van der Waals surface area (Å²) in [6, 6.07) is 16.6. The third-order valence-electron chi connectivity index (χ3n) is 12.7. The zero-order valence-corrected chi connectivity index (χ0v) is 46.8. The number of rotatable bonds is 14. The molecule has 4 N–H and O–H groups in total. The van der Waals surface area contributed by atoms with Crippen LogP contribution < -0.4 is 18.9 Å². The van der Waals surface area contributed by atoms with Crippen molar-refractivity contribution in [2.75, 3.05) is 25.5 Å². The number of benzene rings is 4. The van der Waals surface area contributed by atoms with Crippen LogP contribution in [-0.4, -0.2) is 57.0 Å². The zero-order valence-electron chi connectivity index (χ0n) is 45.1. The maximum atomic E-state index is 13.9. The van der Waals surface area contributed by atoms with Crippen LogP contribution >= 0.6 is 15.2 Å². The highest BCUT2D eigenvalue weighted by atomic mass is 31.2. The number of carbonyl (C=O) groups is 2. The van der Waals surface area contributed by atoms with Gasteiger partial charge in [0.05, 0.1) is 25.5 Å². The van der Waals surface area contributed by atoms with Crippen LogP contribution in [0.4, 0.5) is 0 Å². The van der Waals surface area contributed by atoms with Gasteiger partial charge in [-0.2, -0.15) is 0 Å². The van der Waals surface area contributed by atoms with Gasteiger partial charge in [0, 0.05) is 59.1 Å². The van der Waals surface area contributed by atoms with Crippen LogP contribution in [0.3, 0.4) is 0 Å². The lowest BCUT2D eigenvalue weighted by molar-refractivity contribution is -0.131. The second-order valence-corrected chi connectivity index (χ2v) is 27.3. The molecular formula is C58H78O12P2. The van der Waals surface area contributed by atoms with E-state index in [0.29, 0.717) is 45.3 Å². The van der Waals surface area contributed by atoms with Crippen molar-refractivity contribution in [2.45, 2.75) is 157 Å². The van der Waals surface area contributed by atoms with E-state index in [4.69, 9.17) is 18.9 Å². The summed E-state index contributed by atoms with van der Waals surface area (Å²) in [4.78, 5) is 67.2. The van der Waals surface area contributed by atoms with E-state index >= 15 is 0 Å². The Hall–Kier alpha value is -4.80. The van der Waals surface area contributed by atoms with Gasteiger partial charge in [-0.25, -0.2) is 9.59 Å². The van der Waals surface area contributed by atoms with E-state index in [-0.39, 0.29) is 86.0 Å². The summed E-state index contributed by atoms with van der Waals surface area (Å²) in [5, 5.41) is 0. The number of hydrogen-bond acceptors (Lipinski definition) is 8. The van der Waals surface area contributed by atoms with Gasteiger partial charge in [0.1, 0.15) is 23.0 Å². The molecule has 72 heavy (non-hydrogen) atoms. The Labute approximate surface area is 428 Å². The van der Waals surface area contributed by atoms with Crippen LogP contribution in [0.25, 0.3) is 0 Å². The van der Waals surface area contributed by atoms with Crippen LogP contribution in [0.5, 0.6) is 23.0 Å². The Kier molecular flexibility index (Phi) is 17.7. The number of ether oxygens (including phenoxy) is 4. The summed E-state index contributed by atoms with van der Waals surface area (Å²) in [5.41, 5.74) is 8.39. The molecular weight excluding hydrogens is 951 g/mol. The number of esters is 2. The summed E-state index contributed by atoms with van der Waals surface area (Å²) in [7, 11) is -8.70. The molecule has 0 heterocycles. The smallest absolute Gasteiger partial charge is 0.338 e. The monoisotopic (exact) mass is 1030 g/mol. The van der Waals surface area contributed by atoms with E-state index in [9.17, 15) is 38.3 Å². The highest BCUT2D eigenvalue weighted by Crippen LogP contribution is 2.45. The lowest BCUT2D eigenvalue weighted by Crippen LogP contribution is -2.19. The first-order valence-corrected chi connectivity index (χ1v) is 28.3. The van der Waals surface area contributed by atoms with Gasteiger partial charge < -0.3 is 38.5 Å². The van der Waals surface area contributed by atoms with Crippen LogP contribution in [0, 0.1) is 0 Å². The van der Waals surface area contributed by atoms with Crippen LogP contribution in [0.15, 0.2) is 72.8 Å². The van der Waals surface area contributed by atoms with Gasteiger partial charge in [0.25, 0.3) is 0 Å². The van der Waals surface area contributed by atoms with E-state index in [1.165, 1.54) is 0 Å². The highest BCUT2D eigenvalue weighted by Gasteiger charge is 2.31. The van der Waals surface area contributed by atoms with Gasteiger partial charge in [-0.1, -0.05) is 145 Å². The van der Waals surface area contributed by atoms with Crippen molar-refractivity contribution in [1.29, 1.82) is 0 Å². The molecule has 0 radical (unpaired) electrons. The number of fused-ring (bicyclic) bond motifs is 8. The average molecular weight is 1030 g/mol. The molecule has 0 unspecified atom stereocenters. The standard InChI is InChI=1S/C58H78O12P2/c1-35(2)53(59)69-51-41-23-37-27-45(55(5,6)7)29-39(49(37)67-19-17-21-71(61,62)63)25-43-33-48(58(14,15)16)34-44(52(43)70-54(60)36(3)4)26-40-30-46(56(8,9)10)28-38(50(40)68-20-18-22-72(64,65)66)24-42(51)32-47(31-41)57(11,12)13/h27-34H,1,3,17-26H2,2,4-16H3,(H2,61,62,63)(H2,64,65,66). The number of hydrogen-bond donors (Lipinski definition) is 4. The summed E-state index contributed by atoms with van der Waals surface area (Å²) in [6.07, 6.45) is 0.181. The highest BCUT2D eigenvalue weighted by molar-refractivity contribution is 7.52. The summed E-state index contributed by atoms with van der Waals surface area (Å²) < 4.78 is 50.6. The van der Waals surface area contributed by atoms with Gasteiger partial charge in [-0.05, 0) is 92.9 Å². The van der Waals surface area contributed by atoms with Crippen LogP contribution in [0.1, 0.15) is 177 Å². The summed E-state index contributed by atoms with van der Waals surface area (Å²) in [5.74, 6) is 0.427. The average Bonchev–Trinajstić information content (AvgIpc) is 3.21. The van der Waals surface area contributed by atoms with Crippen molar-refractivity contribution in [3.8, 4) is 23.0 Å². The Morgan fingerprint density at radius 2 is 0.653 bits per heavy atom. The first kappa shape index (κ1) is 58.1. The van der Waals surface area contributed by atoms with E-state index in [0.717, 1.165) is 44.5 Å². The SMILES string of the molecule is C=C(C)C(=O)Oc1c2cc(C(C)(C)C)cc1Cc1cc(C(C)(C)C)cc(c1OCCCP(=O)(O)O)Cc1cc(C(C)(C)C)cc(c1OC(=O)C(=C)C)Cc1cc(C(C)(C)C)cc(c1OCCCP(=O)(O)O)C2. The molecule has 392 valence electrons. The third kappa shape index (κ3) is 15.6. The quantitative estimate of drug-likeness (QED) is 0.0272. The predicted molar refractivity (Wildman–Crippen MR) is 287 cm³/mol. The third-order valence-corrected chi connectivity index (χ3v) is 14.5. The van der Waals surface area contributed by atoms with Gasteiger partial charge >= 0.3 is 27.1 Å². The minimum Gasteiger partial charge on any atom is -0.493 e. The molecule has 0 amide bonds. The lowest BCUT2D eigenvalue weighted by Gasteiger charge is -2.29. The van der Waals surface area contributed by atoms with Crippen molar-refractivity contribution >= 4 is 27.1 Å². The fourth-order valence-electron chi connectivity index (χ4n) is 8.50. The minimum atomic E-state index is -4.35. The molecule has 0 saturated heterocycles. The van der Waals surface area contributed by atoms with Crippen LogP contribution in [-0.2, 0) is 66.1 Å². The summed E-state index contributed by atoms with van der Waals surface area (Å²) >= 11 is 0. The maximum absolute atomic E-state index is 13.9. The molecule has 4 aromatic carbocycles. The topological polar surface area (TPSA) is 186 Å². The van der Waals surface area contributed by atoms with E-state index in [1.807, 2.05) is 0 Å². The van der Waals surface area contributed by atoms with Gasteiger partial charge in [-0.15, -0.1) is 0 Å². The Morgan fingerprint density at radius 1 is 0.444 bits per heavy atom. The minimum absolute atomic E-state index is 0.0166. The van der Waals surface area contributed by atoms with Gasteiger partial charge in [0.2, 0.25) is 0 Å². The molecule has 8 bridgehead atoms.